The summed E-state index contributed by atoms with van der Waals surface area (Å²) in [4.78, 5) is 10.6. The third kappa shape index (κ3) is 3.04. The van der Waals surface area contributed by atoms with E-state index >= 15 is 0 Å². The molecule has 1 saturated heterocycles. The van der Waals surface area contributed by atoms with Crippen LogP contribution in [0.3, 0.4) is 0 Å². The Hall–Kier alpha value is -0.610. The molecule has 1 unspecified atom stereocenters. The average molecular weight is 253 g/mol. The number of rotatable bonds is 4. The van der Waals surface area contributed by atoms with E-state index < -0.39 is 0 Å². The summed E-state index contributed by atoms with van der Waals surface area (Å²) in [7, 11) is 0. The number of hydrogen-bond acceptors (Lipinski definition) is 4. The molecular weight excluding hydrogens is 226 g/mol. The van der Waals surface area contributed by atoms with Crippen molar-refractivity contribution in [3.63, 3.8) is 0 Å². The van der Waals surface area contributed by atoms with Gasteiger partial charge in [0, 0.05) is 38.1 Å². The van der Waals surface area contributed by atoms with Gasteiger partial charge in [-0.1, -0.05) is 19.0 Å². The molecule has 2 rings (SSSR count). The van der Waals surface area contributed by atoms with Crippen molar-refractivity contribution in [3.05, 3.63) is 0 Å². The van der Waals surface area contributed by atoms with Crippen molar-refractivity contribution in [1.29, 1.82) is 0 Å². The summed E-state index contributed by atoms with van der Waals surface area (Å²) < 4.78 is 0. The zero-order valence-electron chi connectivity index (χ0n) is 12.3. The van der Waals surface area contributed by atoms with Crippen LogP contribution in [-0.2, 0) is 4.84 Å². The van der Waals surface area contributed by atoms with Gasteiger partial charge in [-0.2, -0.15) is 0 Å². The number of hydrogen-bond donors (Lipinski definition) is 0. The molecule has 18 heavy (non-hydrogen) atoms. The van der Waals surface area contributed by atoms with Crippen molar-refractivity contribution in [2.45, 2.75) is 52.2 Å². The molecule has 0 N–H and O–H groups in total. The molecule has 0 spiro atoms. The molecule has 0 aromatic heterocycles. The lowest BCUT2D eigenvalue weighted by molar-refractivity contribution is -0.00962. The maximum atomic E-state index is 5.51. The van der Waals surface area contributed by atoms with Gasteiger partial charge < -0.3 is 4.84 Å². The highest BCUT2D eigenvalue weighted by Crippen LogP contribution is 2.22. The molecular formula is C14H27N3O. The number of oxime groups is 1. The SMILES string of the molecule is CCC1=NOC(CN2CCN(CC)C(C)(C)C2)C1. The average Bonchev–Trinajstić information content (AvgIpc) is 2.76. The van der Waals surface area contributed by atoms with Crippen LogP contribution < -0.4 is 0 Å². The van der Waals surface area contributed by atoms with Gasteiger partial charge in [0.15, 0.2) is 0 Å². The molecule has 0 bridgehead atoms. The molecule has 0 aliphatic carbocycles. The van der Waals surface area contributed by atoms with Gasteiger partial charge in [-0.25, -0.2) is 0 Å². The molecule has 0 radical (unpaired) electrons. The summed E-state index contributed by atoms with van der Waals surface area (Å²) in [6, 6.07) is 0. The molecule has 1 fully saturated rings. The van der Waals surface area contributed by atoms with Gasteiger partial charge >= 0.3 is 0 Å². The topological polar surface area (TPSA) is 28.1 Å². The van der Waals surface area contributed by atoms with E-state index in [2.05, 4.69) is 42.7 Å². The molecule has 2 aliphatic heterocycles. The van der Waals surface area contributed by atoms with Gasteiger partial charge in [-0.15, -0.1) is 0 Å². The van der Waals surface area contributed by atoms with E-state index in [-0.39, 0.29) is 11.6 Å². The van der Waals surface area contributed by atoms with Crippen LogP contribution in [0.2, 0.25) is 0 Å². The zero-order chi connectivity index (χ0) is 13.2. The molecule has 4 heteroatoms. The first-order valence-electron chi connectivity index (χ1n) is 7.24. The third-order valence-electron chi connectivity index (χ3n) is 4.20. The molecule has 0 saturated carbocycles. The van der Waals surface area contributed by atoms with Gasteiger partial charge in [0.1, 0.15) is 6.10 Å². The summed E-state index contributed by atoms with van der Waals surface area (Å²) in [6.07, 6.45) is 2.32. The van der Waals surface area contributed by atoms with Crippen LogP contribution in [0.25, 0.3) is 0 Å². The highest BCUT2D eigenvalue weighted by molar-refractivity contribution is 5.85. The summed E-state index contributed by atoms with van der Waals surface area (Å²) in [5.74, 6) is 0. The molecule has 1 atom stereocenters. The summed E-state index contributed by atoms with van der Waals surface area (Å²) >= 11 is 0. The predicted molar refractivity (Wildman–Crippen MR) is 75.0 cm³/mol. The second-order valence-electron chi connectivity index (χ2n) is 6.07. The molecule has 0 aromatic rings. The van der Waals surface area contributed by atoms with Crippen molar-refractivity contribution in [3.8, 4) is 0 Å². The fraction of sp³-hybridized carbons (Fsp3) is 0.929. The van der Waals surface area contributed by atoms with Crippen LogP contribution in [0.4, 0.5) is 0 Å². The number of nitrogens with zero attached hydrogens (tertiary/aromatic N) is 3. The van der Waals surface area contributed by atoms with Gasteiger partial charge in [-0.3, -0.25) is 9.80 Å². The maximum Gasteiger partial charge on any atom is 0.145 e. The Morgan fingerprint density at radius 1 is 1.33 bits per heavy atom. The van der Waals surface area contributed by atoms with Crippen LogP contribution in [0.1, 0.15) is 40.5 Å². The molecule has 104 valence electrons. The second-order valence-corrected chi connectivity index (χ2v) is 6.07. The summed E-state index contributed by atoms with van der Waals surface area (Å²) in [6.45, 7) is 14.7. The largest absolute Gasteiger partial charge is 0.391 e. The van der Waals surface area contributed by atoms with E-state index in [4.69, 9.17) is 4.84 Å². The minimum atomic E-state index is 0.278. The van der Waals surface area contributed by atoms with Crippen molar-refractivity contribution in [1.82, 2.24) is 9.80 Å². The first kappa shape index (κ1) is 13.8. The van der Waals surface area contributed by atoms with Crippen molar-refractivity contribution < 1.29 is 4.84 Å². The standard InChI is InChI=1S/C14H27N3O/c1-5-12-9-13(18-15-12)10-16-7-8-17(6-2)14(3,4)11-16/h13H,5-11H2,1-4H3. The Morgan fingerprint density at radius 2 is 2.11 bits per heavy atom. The summed E-state index contributed by atoms with van der Waals surface area (Å²) in [5.41, 5.74) is 1.49. The number of piperazine rings is 1. The summed E-state index contributed by atoms with van der Waals surface area (Å²) in [5, 5.41) is 4.15. The fourth-order valence-corrected chi connectivity index (χ4v) is 3.11. The highest BCUT2D eigenvalue weighted by atomic mass is 16.6. The Bertz CT molecular complexity index is 314. The quantitative estimate of drug-likeness (QED) is 0.766. The second kappa shape index (κ2) is 5.57. The van der Waals surface area contributed by atoms with E-state index in [1.807, 2.05) is 0 Å². The molecule has 0 amide bonds. The minimum absolute atomic E-state index is 0.278. The van der Waals surface area contributed by atoms with Crippen LogP contribution in [0.5, 0.6) is 0 Å². The van der Waals surface area contributed by atoms with Gasteiger partial charge in [0.25, 0.3) is 0 Å². The van der Waals surface area contributed by atoms with Gasteiger partial charge in [0.05, 0.1) is 5.71 Å². The highest BCUT2D eigenvalue weighted by Gasteiger charge is 2.34. The van der Waals surface area contributed by atoms with Crippen LogP contribution in [0.15, 0.2) is 5.16 Å². The molecule has 4 nitrogen and oxygen atoms in total. The Kier molecular flexibility index (Phi) is 4.28. The lowest BCUT2D eigenvalue weighted by Gasteiger charge is -2.47. The first-order valence-corrected chi connectivity index (χ1v) is 7.24. The Balaban J connectivity index is 1.82. The van der Waals surface area contributed by atoms with Gasteiger partial charge in [-0.05, 0) is 26.8 Å². The third-order valence-corrected chi connectivity index (χ3v) is 4.20. The van der Waals surface area contributed by atoms with Crippen molar-refractivity contribution in [2.75, 3.05) is 32.7 Å². The zero-order valence-corrected chi connectivity index (χ0v) is 12.3. The van der Waals surface area contributed by atoms with E-state index in [9.17, 15) is 0 Å². The minimum Gasteiger partial charge on any atom is -0.391 e. The molecule has 2 heterocycles. The number of likely N-dealkylation sites (N-methyl/N-ethyl adjacent to an activating group) is 1. The van der Waals surface area contributed by atoms with Crippen LogP contribution in [-0.4, -0.2) is 59.9 Å². The van der Waals surface area contributed by atoms with Gasteiger partial charge in [0.2, 0.25) is 0 Å². The lowest BCUT2D eigenvalue weighted by Crippen LogP contribution is -2.59. The molecule has 0 aromatic carbocycles. The lowest BCUT2D eigenvalue weighted by atomic mass is 9.98. The smallest absolute Gasteiger partial charge is 0.145 e. The monoisotopic (exact) mass is 253 g/mol. The van der Waals surface area contributed by atoms with Crippen molar-refractivity contribution >= 4 is 5.71 Å². The fourth-order valence-electron chi connectivity index (χ4n) is 3.11. The van der Waals surface area contributed by atoms with Crippen LogP contribution >= 0.6 is 0 Å². The maximum absolute atomic E-state index is 5.51. The normalized spacial score (nSPS) is 29.1. The van der Waals surface area contributed by atoms with E-state index in [1.165, 1.54) is 5.71 Å². The predicted octanol–water partition coefficient (Wildman–Crippen LogP) is 1.96. The Labute approximate surface area is 111 Å². The van der Waals surface area contributed by atoms with Crippen molar-refractivity contribution in [2.24, 2.45) is 5.16 Å². The first-order chi connectivity index (χ1) is 8.55. The van der Waals surface area contributed by atoms with E-state index in [1.54, 1.807) is 0 Å². The van der Waals surface area contributed by atoms with E-state index in [0.29, 0.717) is 0 Å². The molecule has 2 aliphatic rings. The van der Waals surface area contributed by atoms with E-state index in [0.717, 1.165) is 45.6 Å². The Morgan fingerprint density at radius 3 is 2.67 bits per heavy atom. The van der Waals surface area contributed by atoms with Crippen LogP contribution in [0, 0.1) is 0 Å².